The van der Waals surface area contributed by atoms with E-state index in [0.29, 0.717) is 0 Å². The summed E-state index contributed by atoms with van der Waals surface area (Å²) in [5, 5.41) is 18.4. The van der Waals surface area contributed by atoms with Crippen LogP contribution in [0.4, 0.5) is 0 Å². The number of ether oxygens (including phenoxy) is 2. The van der Waals surface area contributed by atoms with Crippen molar-refractivity contribution in [2.45, 2.75) is 17.9 Å². The molecule has 0 aromatic heterocycles. The number of aliphatic hydroxyl groups is 2. The molecule has 4 bridgehead atoms. The fourth-order valence-corrected chi connectivity index (χ4v) is 4.85. The molecule has 1 unspecified atom stereocenters. The van der Waals surface area contributed by atoms with E-state index in [9.17, 15) is 14.2 Å². The van der Waals surface area contributed by atoms with Crippen LogP contribution >= 0.6 is 15.6 Å². The molecule has 6 aliphatic rings. The lowest BCUT2D eigenvalue weighted by Gasteiger charge is -2.53. The van der Waals surface area contributed by atoms with Crippen molar-refractivity contribution in [3.05, 3.63) is 0 Å². The van der Waals surface area contributed by atoms with Gasteiger partial charge in [0.2, 0.25) is 0 Å². The van der Waals surface area contributed by atoms with E-state index in [1.54, 1.807) is 0 Å². The van der Waals surface area contributed by atoms with Gasteiger partial charge in [-0.25, -0.2) is 36.3 Å². The van der Waals surface area contributed by atoms with Gasteiger partial charge in [-0.3, -0.25) is 4.74 Å². The van der Waals surface area contributed by atoms with E-state index in [4.69, 9.17) is 32.7 Å². The molecular formula is C6H8O12P2. The second kappa shape index (κ2) is 3.69. The second-order valence-electron chi connectivity index (χ2n) is 4.14. The Morgan fingerprint density at radius 1 is 1.00 bits per heavy atom. The quantitative estimate of drug-likeness (QED) is 0.496. The first-order valence-corrected chi connectivity index (χ1v) is 8.24. The molecule has 0 saturated carbocycles. The number of aliphatic hydroxyl groups excluding tert-OH is 1. The molecule has 6 aliphatic heterocycles. The molecule has 6 rings (SSSR count). The minimum atomic E-state index is -4.09. The summed E-state index contributed by atoms with van der Waals surface area (Å²) < 4.78 is 61.5. The monoisotopic (exact) mass is 334 g/mol. The van der Waals surface area contributed by atoms with Crippen molar-refractivity contribution in [2.75, 3.05) is 19.8 Å². The Morgan fingerprint density at radius 2 is 1.60 bits per heavy atom. The van der Waals surface area contributed by atoms with Crippen LogP contribution in [0.15, 0.2) is 0 Å². The highest BCUT2D eigenvalue weighted by molar-refractivity contribution is 7.51. The van der Waals surface area contributed by atoms with E-state index < -0.39 is 40.2 Å². The van der Waals surface area contributed by atoms with Gasteiger partial charge in [0.1, 0.15) is 6.61 Å². The first-order chi connectivity index (χ1) is 9.26. The van der Waals surface area contributed by atoms with Gasteiger partial charge in [0.15, 0.2) is 0 Å². The fraction of sp³-hybridized carbons (Fsp3) is 1.00. The van der Waals surface area contributed by atoms with Crippen LogP contribution in [-0.2, 0) is 45.7 Å². The number of phosphoric acid groups is 2. The lowest BCUT2D eigenvalue weighted by atomic mass is 10.4. The molecule has 2 N–H and O–H groups in total. The SMILES string of the molecule is O=P12OC(COCCO)(OC3(O1)OP1(=O)OC3(O)O1)O2. The van der Waals surface area contributed by atoms with Crippen LogP contribution < -0.4 is 0 Å². The third-order valence-electron chi connectivity index (χ3n) is 2.63. The molecule has 6 fully saturated rings. The molecule has 0 radical (unpaired) electrons. The highest BCUT2D eigenvalue weighted by atomic mass is 31.2. The molecule has 6 heterocycles. The van der Waals surface area contributed by atoms with Gasteiger partial charge in [-0.1, -0.05) is 0 Å². The number of rotatable bonds is 4. The molecule has 114 valence electrons. The zero-order valence-electron chi connectivity index (χ0n) is 9.49. The predicted molar refractivity (Wildman–Crippen MR) is 51.1 cm³/mol. The summed E-state index contributed by atoms with van der Waals surface area (Å²) in [7, 11) is -8.10. The molecule has 20 heavy (non-hydrogen) atoms. The van der Waals surface area contributed by atoms with Gasteiger partial charge in [-0.05, 0) is 0 Å². The standard InChI is InChI=1S/C6H8O12P2/c7-1-2-11-3-4-12-6(17-19(9,13-4)14-4)5(8)15-20(10,16-5)18-6/h7-8H,1-3H2. The molecule has 0 amide bonds. The van der Waals surface area contributed by atoms with E-state index in [2.05, 4.69) is 9.05 Å². The van der Waals surface area contributed by atoms with E-state index in [-0.39, 0.29) is 13.2 Å². The van der Waals surface area contributed by atoms with Crippen LogP contribution in [0.3, 0.4) is 0 Å². The average molecular weight is 334 g/mol. The van der Waals surface area contributed by atoms with Crippen molar-refractivity contribution in [1.29, 1.82) is 0 Å². The summed E-state index contributed by atoms with van der Waals surface area (Å²) in [5.74, 6) is -7.21. The minimum absolute atomic E-state index is 0.0768. The second-order valence-corrected chi connectivity index (χ2v) is 7.03. The molecule has 1 atom stereocenters. The van der Waals surface area contributed by atoms with Crippen molar-refractivity contribution in [1.82, 2.24) is 0 Å². The van der Waals surface area contributed by atoms with Crippen molar-refractivity contribution >= 4 is 15.6 Å². The molecule has 12 nitrogen and oxygen atoms in total. The maximum absolute atomic E-state index is 11.9. The van der Waals surface area contributed by atoms with Crippen LogP contribution in [-0.4, -0.2) is 48.0 Å². The number of hydrogen-bond donors (Lipinski definition) is 2. The first kappa shape index (κ1) is 13.7. The summed E-state index contributed by atoms with van der Waals surface area (Å²) in [5.41, 5.74) is 0. The third kappa shape index (κ3) is 1.61. The summed E-state index contributed by atoms with van der Waals surface area (Å²) in [6.07, 6.45) is 0. The zero-order valence-corrected chi connectivity index (χ0v) is 11.3. The first-order valence-electron chi connectivity index (χ1n) is 5.31. The molecule has 1 spiro atoms. The minimum Gasteiger partial charge on any atom is -0.394 e. The van der Waals surface area contributed by atoms with Gasteiger partial charge in [-0.15, -0.1) is 0 Å². The number of phosphoric ester groups is 2. The van der Waals surface area contributed by atoms with Crippen molar-refractivity contribution < 1.29 is 56.0 Å². The van der Waals surface area contributed by atoms with E-state index in [1.165, 1.54) is 0 Å². The topological polar surface area (TPSA) is 148 Å². The van der Waals surface area contributed by atoms with Gasteiger partial charge in [0.05, 0.1) is 13.2 Å². The van der Waals surface area contributed by atoms with Crippen LogP contribution in [0, 0.1) is 0 Å². The Labute approximate surface area is 110 Å². The molecule has 0 aliphatic carbocycles. The Hall–Kier alpha value is 0.0600. The maximum Gasteiger partial charge on any atom is 0.488 e. The third-order valence-corrected chi connectivity index (χ3v) is 5.50. The summed E-state index contributed by atoms with van der Waals surface area (Å²) in [4.78, 5) is 0. The lowest BCUT2D eigenvalue weighted by molar-refractivity contribution is -0.568. The van der Waals surface area contributed by atoms with Gasteiger partial charge in [0.25, 0.3) is 0 Å². The Kier molecular flexibility index (Phi) is 2.53. The molecule has 0 aromatic carbocycles. The van der Waals surface area contributed by atoms with Crippen molar-refractivity contribution in [2.24, 2.45) is 0 Å². The van der Waals surface area contributed by atoms with Crippen LogP contribution in [0.2, 0.25) is 0 Å². The summed E-state index contributed by atoms with van der Waals surface area (Å²) in [6, 6.07) is 0. The van der Waals surface area contributed by atoms with Crippen molar-refractivity contribution in [3.63, 3.8) is 0 Å². The Bertz CT molecular complexity index is 540. The van der Waals surface area contributed by atoms with Gasteiger partial charge in [-0.2, -0.15) is 0 Å². The fourth-order valence-electron chi connectivity index (χ4n) is 1.96. The highest BCUT2D eigenvalue weighted by Gasteiger charge is 2.90. The van der Waals surface area contributed by atoms with E-state index in [1.807, 2.05) is 0 Å². The van der Waals surface area contributed by atoms with Gasteiger partial charge in [0, 0.05) is 0 Å². The van der Waals surface area contributed by atoms with E-state index >= 15 is 0 Å². The maximum atomic E-state index is 11.9. The summed E-state index contributed by atoms with van der Waals surface area (Å²) >= 11 is 0. The highest BCUT2D eigenvalue weighted by Crippen LogP contribution is 2.84. The van der Waals surface area contributed by atoms with Crippen LogP contribution in [0.1, 0.15) is 0 Å². The predicted octanol–water partition coefficient (Wildman–Crippen LogP) is -0.664. The normalized spacial score (nSPS) is 59.3. The van der Waals surface area contributed by atoms with Crippen molar-refractivity contribution in [3.8, 4) is 0 Å². The average Bonchev–Trinajstić information content (AvgIpc) is 2.54. The zero-order chi connectivity index (χ0) is 14.3. The lowest BCUT2D eigenvalue weighted by Crippen LogP contribution is -2.68. The van der Waals surface area contributed by atoms with Gasteiger partial charge < -0.3 is 14.9 Å². The molecule has 14 heteroatoms. The molecular weight excluding hydrogens is 326 g/mol. The largest absolute Gasteiger partial charge is 0.488 e. The molecule has 6 saturated heterocycles. The van der Waals surface area contributed by atoms with Gasteiger partial charge >= 0.3 is 33.6 Å². The Morgan fingerprint density at radius 3 is 2.15 bits per heavy atom. The molecule has 0 aromatic rings. The summed E-state index contributed by atoms with van der Waals surface area (Å²) in [6.45, 7) is -0.781. The Balaban J connectivity index is 1.59. The number of hydrogen-bond acceptors (Lipinski definition) is 12. The smallest absolute Gasteiger partial charge is 0.394 e. The van der Waals surface area contributed by atoms with Crippen LogP contribution in [0.25, 0.3) is 0 Å². The van der Waals surface area contributed by atoms with Crippen LogP contribution in [0.5, 0.6) is 0 Å². The van der Waals surface area contributed by atoms with E-state index in [0.717, 1.165) is 0 Å².